The summed E-state index contributed by atoms with van der Waals surface area (Å²) in [5.74, 6) is -2.04. The molecule has 3 aromatic rings. The molecule has 11 heteroatoms. The number of benzene rings is 3. The van der Waals surface area contributed by atoms with Crippen LogP contribution in [0.1, 0.15) is 27.6 Å². The minimum atomic E-state index is -1.56. The molecule has 3 rings (SSSR count). The number of rotatable bonds is 7. The van der Waals surface area contributed by atoms with Crippen LogP contribution in [0, 0.1) is 27.2 Å². The molecule has 33 heavy (non-hydrogen) atoms. The van der Waals surface area contributed by atoms with E-state index in [4.69, 9.17) is 16.3 Å². The highest BCUT2D eigenvalue weighted by atomic mass is 35.5. The number of hydrogen-bond acceptors (Lipinski definition) is 7. The number of nitro benzene ring substituents is 2. The SMILES string of the molecule is Cc1ccc(NC(=O)C(OC(=O)c2cc(Cl)ccc2[N+](=O)[O-])c2ccccc2)c([N+](=O)[O-])c1. The summed E-state index contributed by atoms with van der Waals surface area (Å²) in [4.78, 5) is 47.1. The molecule has 0 spiro atoms. The van der Waals surface area contributed by atoms with Crippen molar-refractivity contribution in [2.24, 2.45) is 0 Å². The van der Waals surface area contributed by atoms with Gasteiger partial charge in [-0.3, -0.25) is 25.0 Å². The second kappa shape index (κ2) is 9.88. The largest absolute Gasteiger partial charge is 0.443 e. The maximum Gasteiger partial charge on any atom is 0.346 e. The van der Waals surface area contributed by atoms with Crippen molar-refractivity contribution < 1.29 is 24.2 Å². The summed E-state index contributed by atoms with van der Waals surface area (Å²) in [5, 5.41) is 25.2. The Morgan fingerprint density at radius 1 is 0.939 bits per heavy atom. The summed E-state index contributed by atoms with van der Waals surface area (Å²) >= 11 is 5.88. The molecule has 1 unspecified atom stereocenters. The number of carbonyl (C=O) groups is 2. The van der Waals surface area contributed by atoms with Gasteiger partial charge in [0.1, 0.15) is 11.3 Å². The summed E-state index contributed by atoms with van der Waals surface area (Å²) in [6.45, 7) is 1.66. The van der Waals surface area contributed by atoms with E-state index in [0.717, 1.165) is 12.1 Å². The van der Waals surface area contributed by atoms with Crippen molar-refractivity contribution in [1.82, 2.24) is 0 Å². The van der Waals surface area contributed by atoms with Gasteiger partial charge in [-0.15, -0.1) is 0 Å². The Balaban J connectivity index is 1.97. The zero-order chi connectivity index (χ0) is 24.1. The van der Waals surface area contributed by atoms with E-state index in [2.05, 4.69) is 5.32 Å². The first kappa shape index (κ1) is 23.4. The second-order valence-corrected chi connectivity index (χ2v) is 7.32. The number of esters is 1. The molecular formula is C22H16ClN3O7. The summed E-state index contributed by atoms with van der Waals surface area (Å²) in [7, 11) is 0. The van der Waals surface area contributed by atoms with Crippen molar-refractivity contribution in [1.29, 1.82) is 0 Å². The number of nitrogens with one attached hydrogen (secondary N) is 1. The van der Waals surface area contributed by atoms with Gasteiger partial charge >= 0.3 is 5.97 Å². The van der Waals surface area contributed by atoms with E-state index in [9.17, 15) is 29.8 Å². The molecule has 3 aromatic carbocycles. The third kappa shape index (κ3) is 5.49. The first-order valence-electron chi connectivity index (χ1n) is 9.43. The van der Waals surface area contributed by atoms with Gasteiger partial charge < -0.3 is 10.1 Å². The molecule has 10 nitrogen and oxygen atoms in total. The van der Waals surface area contributed by atoms with Crippen molar-refractivity contribution in [3.8, 4) is 0 Å². The van der Waals surface area contributed by atoms with Crippen LogP contribution in [0.5, 0.6) is 0 Å². The van der Waals surface area contributed by atoms with Gasteiger partial charge in [-0.2, -0.15) is 0 Å². The maximum absolute atomic E-state index is 13.1. The molecule has 0 aliphatic rings. The third-order valence-corrected chi connectivity index (χ3v) is 4.78. The Bertz CT molecular complexity index is 1250. The molecule has 0 aliphatic heterocycles. The third-order valence-electron chi connectivity index (χ3n) is 4.55. The highest BCUT2D eigenvalue weighted by Gasteiger charge is 2.30. The van der Waals surface area contributed by atoms with Crippen molar-refractivity contribution in [2.75, 3.05) is 5.32 Å². The van der Waals surface area contributed by atoms with Crippen molar-refractivity contribution >= 4 is 40.5 Å². The fraction of sp³-hybridized carbons (Fsp3) is 0.0909. The number of aryl methyl sites for hydroxylation is 1. The predicted octanol–water partition coefficient (Wildman–Crippen LogP) is 5.00. The first-order chi connectivity index (χ1) is 15.7. The van der Waals surface area contributed by atoms with Gasteiger partial charge in [-0.1, -0.05) is 48.0 Å². The summed E-state index contributed by atoms with van der Waals surface area (Å²) < 4.78 is 5.34. The molecule has 0 heterocycles. The van der Waals surface area contributed by atoms with E-state index in [-0.39, 0.29) is 22.0 Å². The lowest BCUT2D eigenvalue weighted by molar-refractivity contribution is -0.385. The molecule has 0 saturated heterocycles. The van der Waals surface area contributed by atoms with E-state index in [1.807, 2.05) is 0 Å². The Kier molecular flexibility index (Phi) is 6.99. The number of carbonyl (C=O) groups excluding carboxylic acids is 2. The average Bonchev–Trinajstić information content (AvgIpc) is 2.78. The summed E-state index contributed by atoms with van der Waals surface area (Å²) in [6, 6.07) is 15.5. The number of anilines is 1. The molecule has 0 aromatic heterocycles. The van der Waals surface area contributed by atoms with Gasteiger partial charge in [0, 0.05) is 22.7 Å². The molecule has 0 bridgehead atoms. The molecule has 0 aliphatic carbocycles. The Hall–Kier alpha value is -4.31. The van der Waals surface area contributed by atoms with Crippen molar-refractivity contribution in [2.45, 2.75) is 13.0 Å². The average molecular weight is 470 g/mol. The minimum Gasteiger partial charge on any atom is -0.443 e. The van der Waals surface area contributed by atoms with Gasteiger partial charge in [-0.05, 0) is 30.7 Å². The van der Waals surface area contributed by atoms with Gasteiger partial charge in [0.05, 0.1) is 9.85 Å². The van der Waals surface area contributed by atoms with Crippen LogP contribution in [-0.2, 0) is 9.53 Å². The highest BCUT2D eigenvalue weighted by Crippen LogP contribution is 2.30. The van der Waals surface area contributed by atoms with Crippen LogP contribution < -0.4 is 5.32 Å². The molecule has 1 N–H and O–H groups in total. The summed E-state index contributed by atoms with van der Waals surface area (Å²) in [6.07, 6.45) is -1.56. The van der Waals surface area contributed by atoms with Crippen LogP contribution in [0.15, 0.2) is 66.7 Å². The lowest BCUT2D eigenvalue weighted by Crippen LogP contribution is -2.26. The van der Waals surface area contributed by atoms with E-state index in [1.165, 1.54) is 30.3 Å². The summed E-state index contributed by atoms with van der Waals surface area (Å²) in [5.41, 5.74) is -0.566. The van der Waals surface area contributed by atoms with Crippen LogP contribution in [-0.4, -0.2) is 21.7 Å². The number of amides is 1. The number of halogens is 1. The fourth-order valence-electron chi connectivity index (χ4n) is 3.00. The first-order valence-corrected chi connectivity index (χ1v) is 9.81. The second-order valence-electron chi connectivity index (χ2n) is 6.88. The fourth-order valence-corrected chi connectivity index (χ4v) is 3.17. The van der Waals surface area contributed by atoms with E-state index in [0.29, 0.717) is 5.56 Å². The van der Waals surface area contributed by atoms with Crippen LogP contribution >= 0.6 is 11.6 Å². The quantitative estimate of drug-likeness (QED) is 0.291. The van der Waals surface area contributed by atoms with E-state index >= 15 is 0 Å². The zero-order valence-electron chi connectivity index (χ0n) is 17.1. The monoisotopic (exact) mass is 469 g/mol. The number of hydrogen-bond donors (Lipinski definition) is 1. The molecule has 0 radical (unpaired) electrons. The predicted molar refractivity (Wildman–Crippen MR) is 119 cm³/mol. The van der Waals surface area contributed by atoms with Crippen LogP contribution in [0.2, 0.25) is 5.02 Å². The standard InChI is InChI=1S/C22H16ClN3O7/c1-13-7-9-17(19(11-13)26(31)32)24-21(27)20(14-5-3-2-4-6-14)33-22(28)16-12-15(23)8-10-18(16)25(29)30/h2-12,20H,1H3,(H,24,27). The van der Waals surface area contributed by atoms with E-state index < -0.39 is 39.1 Å². The number of nitro groups is 2. The lowest BCUT2D eigenvalue weighted by atomic mass is 10.1. The van der Waals surface area contributed by atoms with Crippen LogP contribution in [0.3, 0.4) is 0 Å². The smallest absolute Gasteiger partial charge is 0.346 e. The van der Waals surface area contributed by atoms with Gasteiger partial charge in [0.25, 0.3) is 17.3 Å². The maximum atomic E-state index is 13.1. The Morgan fingerprint density at radius 3 is 2.24 bits per heavy atom. The molecule has 0 saturated carbocycles. The molecule has 168 valence electrons. The normalized spacial score (nSPS) is 11.3. The van der Waals surface area contributed by atoms with Gasteiger partial charge in [-0.25, -0.2) is 4.79 Å². The highest BCUT2D eigenvalue weighted by molar-refractivity contribution is 6.31. The lowest BCUT2D eigenvalue weighted by Gasteiger charge is -2.18. The van der Waals surface area contributed by atoms with Crippen molar-refractivity contribution in [3.63, 3.8) is 0 Å². The molecular weight excluding hydrogens is 454 g/mol. The Labute approximate surface area is 192 Å². The molecule has 0 fully saturated rings. The van der Waals surface area contributed by atoms with E-state index in [1.54, 1.807) is 31.2 Å². The molecule has 1 amide bonds. The Morgan fingerprint density at radius 2 is 1.61 bits per heavy atom. The van der Waals surface area contributed by atoms with Crippen molar-refractivity contribution in [3.05, 3.63) is 109 Å². The van der Waals surface area contributed by atoms with Crippen LogP contribution in [0.25, 0.3) is 0 Å². The van der Waals surface area contributed by atoms with Gasteiger partial charge in [0.2, 0.25) is 6.10 Å². The minimum absolute atomic E-state index is 0.0588. The van der Waals surface area contributed by atoms with Gasteiger partial charge in [0.15, 0.2) is 0 Å². The zero-order valence-corrected chi connectivity index (χ0v) is 17.8. The number of nitrogens with zero attached hydrogens (tertiary/aromatic N) is 2. The van der Waals surface area contributed by atoms with Crippen LogP contribution in [0.4, 0.5) is 17.1 Å². The number of ether oxygens (including phenoxy) is 1. The molecule has 1 atom stereocenters. The topological polar surface area (TPSA) is 142 Å².